The van der Waals surface area contributed by atoms with Crippen molar-refractivity contribution in [2.75, 3.05) is 0 Å². The average molecular weight is 506 g/mol. The van der Waals surface area contributed by atoms with E-state index >= 15 is 0 Å². The summed E-state index contributed by atoms with van der Waals surface area (Å²) in [6, 6.07) is 49.8. The molecule has 0 atom stereocenters. The molecule has 1 heteroatoms. The number of para-hydroxylation sites is 1. The lowest BCUT2D eigenvalue weighted by Gasteiger charge is -2.11. The van der Waals surface area contributed by atoms with Gasteiger partial charge in [-0.1, -0.05) is 127 Å². The van der Waals surface area contributed by atoms with Crippen molar-refractivity contribution in [2.45, 2.75) is 0 Å². The normalized spacial score (nSPS) is 11.5. The topological polar surface area (TPSA) is 4.36 Å². The lowest BCUT2D eigenvalue weighted by molar-refractivity contribution is 1.60. The van der Waals surface area contributed by atoms with Crippen LogP contribution in [0.3, 0.4) is 0 Å². The predicted octanol–water partition coefficient (Wildman–Crippen LogP) is 11.2. The first-order valence-electron chi connectivity index (χ1n) is 13.6. The number of nitrogens with zero attached hydrogens (tertiary/aromatic N) is 1. The van der Waals surface area contributed by atoms with E-state index in [4.69, 9.17) is 6.57 Å². The molecule has 0 N–H and O–H groups in total. The van der Waals surface area contributed by atoms with E-state index in [9.17, 15) is 0 Å². The minimum Gasteiger partial charge on any atom is -0.238 e. The highest BCUT2D eigenvalue weighted by Crippen LogP contribution is 2.49. The van der Waals surface area contributed by atoms with Crippen molar-refractivity contribution in [3.63, 3.8) is 0 Å². The zero-order chi connectivity index (χ0) is 26.6. The molecule has 0 saturated carbocycles. The third-order valence-corrected chi connectivity index (χ3v) is 8.25. The van der Waals surface area contributed by atoms with Crippen molar-refractivity contribution >= 4 is 27.2 Å². The largest absolute Gasteiger partial charge is 0.238 e. The molecule has 184 valence electrons. The number of fused-ring (bicyclic) bond motifs is 4. The van der Waals surface area contributed by atoms with Crippen LogP contribution in [0.5, 0.6) is 0 Å². The Kier molecular flexibility index (Phi) is 4.96. The fourth-order valence-corrected chi connectivity index (χ4v) is 6.31. The van der Waals surface area contributed by atoms with Gasteiger partial charge in [-0.25, -0.2) is 4.85 Å². The molecule has 0 fully saturated rings. The first-order valence-corrected chi connectivity index (χ1v) is 13.6. The second-order valence-corrected chi connectivity index (χ2v) is 10.4. The van der Waals surface area contributed by atoms with Crippen LogP contribution < -0.4 is 0 Å². The summed E-state index contributed by atoms with van der Waals surface area (Å²) in [6.45, 7) is 7.47. The number of hydrogen-bond donors (Lipinski definition) is 0. The molecule has 40 heavy (non-hydrogen) atoms. The van der Waals surface area contributed by atoms with Crippen LogP contribution in [-0.4, -0.2) is 0 Å². The molecule has 1 aliphatic rings. The van der Waals surface area contributed by atoms with Gasteiger partial charge >= 0.3 is 0 Å². The Hall–Kier alpha value is -5.45. The molecule has 0 aliphatic heterocycles. The Morgan fingerprint density at radius 3 is 1.68 bits per heavy atom. The lowest BCUT2D eigenvalue weighted by atomic mass is 9.92. The molecule has 0 spiro atoms. The van der Waals surface area contributed by atoms with Gasteiger partial charge < -0.3 is 0 Å². The quantitative estimate of drug-likeness (QED) is 0.210. The van der Waals surface area contributed by atoms with Crippen LogP contribution in [0.15, 0.2) is 140 Å². The Labute approximate surface area is 233 Å². The number of hydrogen-bond acceptors (Lipinski definition) is 0. The zero-order valence-corrected chi connectivity index (χ0v) is 21.7. The smallest absolute Gasteiger partial charge is 0.194 e. The van der Waals surface area contributed by atoms with Gasteiger partial charge in [0.1, 0.15) is 0 Å². The van der Waals surface area contributed by atoms with Gasteiger partial charge in [-0.15, -0.1) is 0 Å². The summed E-state index contributed by atoms with van der Waals surface area (Å²) in [5, 5.41) is 5.12. The SMILES string of the molecule is [C-]#[N+]c1ccccc1-c1ccc(-c2ccc3cc(-c4ccc5c6c(cccc46)-c4ccccc4-5)ccc3c2)cc1. The minimum absolute atomic E-state index is 0.682. The van der Waals surface area contributed by atoms with Gasteiger partial charge in [0.05, 0.1) is 6.57 Å². The van der Waals surface area contributed by atoms with Crippen LogP contribution in [-0.2, 0) is 0 Å². The second kappa shape index (κ2) is 8.80. The summed E-state index contributed by atoms with van der Waals surface area (Å²) in [5.74, 6) is 0. The van der Waals surface area contributed by atoms with E-state index in [0.29, 0.717) is 5.69 Å². The number of rotatable bonds is 3. The van der Waals surface area contributed by atoms with Gasteiger partial charge in [0.15, 0.2) is 5.69 Å². The monoisotopic (exact) mass is 505 g/mol. The van der Waals surface area contributed by atoms with E-state index in [1.807, 2.05) is 24.3 Å². The van der Waals surface area contributed by atoms with E-state index < -0.39 is 0 Å². The number of benzene rings is 7. The van der Waals surface area contributed by atoms with Gasteiger partial charge in [0, 0.05) is 0 Å². The maximum Gasteiger partial charge on any atom is 0.194 e. The second-order valence-electron chi connectivity index (χ2n) is 10.4. The van der Waals surface area contributed by atoms with Crippen molar-refractivity contribution in [3.8, 4) is 55.6 Å². The molecule has 1 nitrogen and oxygen atoms in total. The predicted molar refractivity (Wildman–Crippen MR) is 168 cm³/mol. The zero-order valence-electron chi connectivity index (χ0n) is 21.7. The Morgan fingerprint density at radius 2 is 0.925 bits per heavy atom. The first-order chi connectivity index (χ1) is 19.8. The summed E-state index contributed by atoms with van der Waals surface area (Å²) in [7, 11) is 0. The van der Waals surface area contributed by atoms with Crippen LogP contribution in [0.1, 0.15) is 0 Å². The molecule has 8 rings (SSSR count). The van der Waals surface area contributed by atoms with Gasteiger partial charge in [-0.2, -0.15) is 0 Å². The van der Waals surface area contributed by atoms with Crippen LogP contribution >= 0.6 is 0 Å². The molecular formula is C39H23N. The average Bonchev–Trinajstić information content (AvgIpc) is 3.36. The highest BCUT2D eigenvalue weighted by Gasteiger charge is 2.22. The molecule has 7 aromatic carbocycles. The van der Waals surface area contributed by atoms with Crippen LogP contribution in [0.2, 0.25) is 0 Å². The molecule has 0 saturated heterocycles. The Morgan fingerprint density at radius 1 is 0.375 bits per heavy atom. The fraction of sp³-hybridized carbons (Fsp3) is 0. The summed E-state index contributed by atoms with van der Waals surface area (Å²) in [4.78, 5) is 3.68. The van der Waals surface area contributed by atoms with Gasteiger partial charge in [-0.05, 0) is 89.3 Å². The molecule has 0 heterocycles. The molecule has 0 amide bonds. The Balaban J connectivity index is 1.17. The van der Waals surface area contributed by atoms with Gasteiger partial charge in [0.25, 0.3) is 0 Å². The molecule has 0 radical (unpaired) electrons. The standard InChI is InChI=1S/C39H23N/c1-40-38-12-5-4-7-32(38)26-15-13-25(14-16-26)27-17-18-29-24-30(20-19-28(29)23-27)31-21-22-37-34-9-3-2-8-33(34)36-11-6-10-35(31)39(36)37/h2-24H. The van der Waals surface area contributed by atoms with E-state index in [1.54, 1.807) is 0 Å². The molecular weight excluding hydrogens is 482 g/mol. The van der Waals surface area contributed by atoms with Crippen molar-refractivity contribution < 1.29 is 0 Å². The summed E-state index contributed by atoms with van der Waals surface area (Å²) >= 11 is 0. The third kappa shape index (κ3) is 3.40. The highest BCUT2D eigenvalue weighted by atomic mass is 14.6. The maximum absolute atomic E-state index is 7.47. The van der Waals surface area contributed by atoms with E-state index in [1.165, 1.54) is 66.1 Å². The van der Waals surface area contributed by atoms with Gasteiger partial charge in [0.2, 0.25) is 0 Å². The van der Waals surface area contributed by atoms with Crippen LogP contribution in [0.4, 0.5) is 5.69 Å². The fourth-order valence-electron chi connectivity index (χ4n) is 6.31. The van der Waals surface area contributed by atoms with E-state index in [0.717, 1.165) is 11.1 Å². The van der Waals surface area contributed by atoms with Crippen molar-refractivity contribution in [1.29, 1.82) is 0 Å². The molecule has 0 aromatic heterocycles. The highest BCUT2D eigenvalue weighted by molar-refractivity contribution is 6.18. The van der Waals surface area contributed by atoms with Gasteiger partial charge in [-0.3, -0.25) is 0 Å². The van der Waals surface area contributed by atoms with Crippen molar-refractivity contribution in [2.24, 2.45) is 0 Å². The summed E-state index contributed by atoms with van der Waals surface area (Å²) in [6.07, 6.45) is 0. The molecule has 0 bridgehead atoms. The van der Waals surface area contributed by atoms with Crippen LogP contribution in [0.25, 0.3) is 82.0 Å². The molecule has 0 unspecified atom stereocenters. The van der Waals surface area contributed by atoms with Crippen molar-refractivity contribution in [3.05, 3.63) is 151 Å². The first kappa shape index (κ1) is 22.5. The maximum atomic E-state index is 7.47. The Bertz CT molecular complexity index is 2130. The lowest BCUT2D eigenvalue weighted by Crippen LogP contribution is -1.85. The van der Waals surface area contributed by atoms with E-state index in [2.05, 4.69) is 120 Å². The third-order valence-electron chi connectivity index (χ3n) is 8.25. The van der Waals surface area contributed by atoms with Crippen LogP contribution in [0, 0.1) is 6.57 Å². The molecule has 1 aliphatic carbocycles. The summed E-state index contributed by atoms with van der Waals surface area (Å²) in [5.41, 5.74) is 12.9. The summed E-state index contributed by atoms with van der Waals surface area (Å²) < 4.78 is 0. The molecule has 7 aromatic rings. The van der Waals surface area contributed by atoms with Crippen molar-refractivity contribution in [1.82, 2.24) is 0 Å². The van der Waals surface area contributed by atoms with E-state index in [-0.39, 0.29) is 0 Å². The minimum atomic E-state index is 0.682.